The smallest absolute Gasteiger partial charge is 0.333 e. The maximum Gasteiger partial charge on any atom is 0.333 e. The highest BCUT2D eigenvalue weighted by atomic mass is 32.2. The van der Waals surface area contributed by atoms with Crippen LogP contribution in [0.2, 0.25) is 0 Å². The molecule has 1 aromatic rings. The number of hydrogen-bond donors (Lipinski definition) is 1. The fourth-order valence-electron chi connectivity index (χ4n) is 1.15. The van der Waals surface area contributed by atoms with Gasteiger partial charge in [-0.2, -0.15) is 8.42 Å². The molecule has 0 bridgehead atoms. The molecule has 0 spiro atoms. The molecule has 0 aliphatic heterocycles. The molecule has 0 aliphatic rings. The summed E-state index contributed by atoms with van der Waals surface area (Å²) in [5, 5.41) is 4.66. The Morgan fingerprint density at radius 1 is 1.18 bits per heavy atom. The Labute approximate surface area is 101 Å². The van der Waals surface area contributed by atoms with Gasteiger partial charge in [0.25, 0.3) is 0 Å². The molecule has 1 rings (SSSR count). The minimum absolute atomic E-state index is 0.00597. The van der Waals surface area contributed by atoms with E-state index in [0.717, 1.165) is 0 Å². The number of ether oxygens (including phenoxy) is 2. The van der Waals surface area contributed by atoms with Crippen LogP contribution in [0.15, 0.2) is 24.3 Å². The molecule has 6 nitrogen and oxygen atoms in total. The fourth-order valence-corrected chi connectivity index (χ4v) is 1.50. The van der Waals surface area contributed by atoms with Crippen molar-refractivity contribution in [1.29, 1.82) is 0 Å². The van der Waals surface area contributed by atoms with Crippen molar-refractivity contribution >= 4 is 10.3 Å². The van der Waals surface area contributed by atoms with Gasteiger partial charge >= 0.3 is 10.3 Å². The van der Waals surface area contributed by atoms with Gasteiger partial charge in [-0.05, 0) is 12.1 Å². The zero-order valence-corrected chi connectivity index (χ0v) is 10.3. The van der Waals surface area contributed by atoms with E-state index in [1.807, 2.05) is 12.1 Å². The van der Waals surface area contributed by atoms with Crippen LogP contribution in [0.3, 0.4) is 0 Å². The number of para-hydroxylation sites is 2. The highest BCUT2D eigenvalue weighted by molar-refractivity contribution is 7.84. The molecule has 0 aromatic heterocycles. The van der Waals surface area contributed by atoms with Gasteiger partial charge in [-0.1, -0.05) is 12.1 Å². The highest BCUT2D eigenvalue weighted by Crippen LogP contribution is 2.25. The van der Waals surface area contributed by atoms with Gasteiger partial charge in [-0.15, -0.1) is 0 Å². The van der Waals surface area contributed by atoms with E-state index in [0.29, 0.717) is 24.5 Å². The van der Waals surface area contributed by atoms with Crippen molar-refractivity contribution in [3.05, 3.63) is 24.3 Å². The highest BCUT2D eigenvalue weighted by Gasteiger charge is 2.04. The molecule has 2 N–H and O–H groups in total. The van der Waals surface area contributed by atoms with Gasteiger partial charge in [0.15, 0.2) is 11.5 Å². The Hall–Kier alpha value is -1.31. The van der Waals surface area contributed by atoms with Gasteiger partial charge < -0.3 is 9.47 Å². The van der Waals surface area contributed by atoms with Crippen LogP contribution in [-0.2, 0) is 14.5 Å². The van der Waals surface area contributed by atoms with Gasteiger partial charge in [0.05, 0.1) is 20.3 Å². The fraction of sp³-hybridized carbons (Fsp3) is 0.400. The SMILES string of the molecule is COc1ccccc1OCCCOS(N)(=O)=O. The average molecular weight is 261 g/mol. The third-order valence-electron chi connectivity index (χ3n) is 1.86. The molecule has 0 saturated carbocycles. The summed E-state index contributed by atoms with van der Waals surface area (Å²) < 4.78 is 35.8. The summed E-state index contributed by atoms with van der Waals surface area (Å²) in [6, 6.07) is 7.18. The zero-order chi connectivity index (χ0) is 12.7. The van der Waals surface area contributed by atoms with Gasteiger partial charge in [-0.3, -0.25) is 4.18 Å². The summed E-state index contributed by atoms with van der Waals surface area (Å²) in [6.45, 7) is 0.309. The van der Waals surface area contributed by atoms with E-state index < -0.39 is 10.3 Å². The number of benzene rings is 1. The van der Waals surface area contributed by atoms with Crippen LogP contribution in [0, 0.1) is 0 Å². The lowest BCUT2D eigenvalue weighted by molar-refractivity contribution is 0.243. The average Bonchev–Trinajstić information content (AvgIpc) is 2.27. The lowest BCUT2D eigenvalue weighted by Crippen LogP contribution is -2.17. The normalized spacial score (nSPS) is 11.2. The first-order valence-electron chi connectivity index (χ1n) is 4.96. The third-order valence-corrected chi connectivity index (χ3v) is 2.36. The van der Waals surface area contributed by atoms with Crippen molar-refractivity contribution in [2.45, 2.75) is 6.42 Å². The van der Waals surface area contributed by atoms with Crippen molar-refractivity contribution in [1.82, 2.24) is 0 Å². The van der Waals surface area contributed by atoms with Crippen LogP contribution in [0.4, 0.5) is 0 Å². The number of nitrogens with two attached hydrogens (primary N) is 1. The molecule has 1 aromatic carbocycles. The largest absolute Gasteiger partial charge is 0.493 e. The molecule has 0 heterocycles. The Kier molecular flexibility index (Phi) is 5.20. The molecular weight excluding hydrogens is 246 g/mol. The molecule has 7 heteroatoms. The maximum absolute atomic E-state index is 10.5. The summed E-state index contributed by atoms with van der Waals surface area (Å²) >= 11 is 0. The topological polar surface area (TPSA) is 87.8 Å². The zero-order valence-electron chi connectivity index (χ0n) is 9.46. The maximum atomic E-state index is 10.5. The quantitative estimate of drug-likeness (QED) is 0.729. The minimum Gasteiger partial charge on any atom is -0.493 e. The van der Waals surface area contributed by atoms with Gasteiger partial charge in [-0.25, -0.2) is 5.14 Å². The molecule has 0 unspecified atom stereocenters. The number of hydrogen-bond acceptors (Lipinski definition) is 5. The van der Waals surface area contributed by atoms with Crippen molar-refractivity contribution in [3.63, 3.8) is 0 Å². The van der Waals surface area contributed by atoms with E-state index in [9.17, 15) is 8.42 Å². The first kappa shape index (κ1) is 13.8. The Balaban J connectivity index is 2.31. The monoisotopic (exact) mass is 261 g/mol. The van der Waals surface area contributed by atoms with Crippen LogP contribution in [0.25, 0.3) is 0 Å². The van der Waals surface area contributed by atoms with Crippen molar-refractivity contribution in [2.75, 3.05) is 20.3 Å². The molecule has 0 atom stereocenters. The van der Waals surface area contributed by atoms with Crippen molar-refractivity contribution in [3.8, 4) is 11.5 Å². The second-order valence-electron chi connectivity index (χ2n) is 3.17. The predicted molar refractivity (Wildman–Crippen MR) is 62.2 cm³/mol. The molecule has 0 saturated heterocycles. The molecule has 96 valence electrons. The van der Waals surface area contributed by atoms with Gasteiger partial charge in [0.2, 0.25) is 0 Å². The molecule has 0 fully saturated rings. The van der Waals surface area contributed by atoms with E-state index in [4.69, 9.17) is 9.47 Å². The predicted octanol–water partition coefficient (Wildman–Crippen LogP) is 0.684. The van der Waals surface area contributed by atoms with E-state index in [2.05, 4.69) is 9.32 Å². The van der Waals surface area contributed by atoms with Gasteiger partial charge in [0.1, 0.15) is 0 Å². The molecule has 0 aliphatic carbocycles. The third kappa shape index (κ3) is 5.53. The Bertz CT molecular complexity index is 446. The van der Waals surface area contributed by atoms with Crippen LogP contribution in [0.1, 0.15) is 6.42 Å². The van der Waals surface area contributed by atoms with Crippen molar-refractivity contribution in [2.24, 2.45) is 5.14 Å². The summed E-state index contributed by atoms with van der Waals surface area (Å²) in [5.74, 6) is 1.23. The Morgan fingerprint density at radius 2 is 1.82 bits per heavy atom. The summed E-state index contributed by atoms with van der Waals surface area (Å²) in [4.78, 5) is 0. The number of methoxy groups -OCH3 is 1. The number of rotatable bonds is 7. The first-order chi connectivity index (χ1) is 8.03. The van der Waals surface area contributed by atoms with E-state index in [1.54, 1.807) is 19.2 Å². The van der Waals surface area contributed by atoms with Gasteiger partial charge in [0, 0.05) is 6.42 Å². The van der Waals surface area contributed by atoms with E-state index in [1.165, 1.54) is 0 Å². The first-order valence-corrected chi connectivity index (χ1v) is 6.43. The summed E-state index contributed by atoms with van der Waals surface area (Å²) in [5.41, 5.74) is 0. The lowest BCUT2D eigenvalue weighted by Gasteiger charge is -2.09. The second-order valence-corrected chi connectivity index (χ2v) is 4.39. The van der Waals surface area contributed by atoms with Crippen LogP contribution in [0.5, 0.6) is 11.5 Å². The van der Waals surface area contributed by atoms with Crippen LogP contribution in [-0.4, -0.2) is 28.7 Å². The van der Waals surface area contributed by atoms with Crippen LogP contribution < -0.4 is 14.6 Å². The summed E-state index contributed by atoms with van der Waals surface area (Å²) in [6.07, 6.45) is 0.411. The minimum atomic E-state index is -3.86. The standard InChI is InChI=1S/C10H15NO5S/c1-14-9-5-2-3-6-10(9)15-7-4-8-16-17(11,12)13/h2-3,5-6H,4,7-8H2,1H3,(H2,11,12,13). The lowest BCUT2D eigenvalue weighted by atomic mass is 10.3. The molecule has 0 amide bonds. The van der Waals surface area contributed by atoms with Crippen LogP contribution >= 0.6 is 0 Å². The molecule has 17 heavy (non-hydrogen) atoms. The molecular formula is C10H15NO5S. The van der Waals surface area contributed by atoms with E-state index >= 15 is 0 Å². The van der Waals surface area contributed by atoms with Crippen molar-refractivity contribution < 1.29 is 22.1 Å². The van der Waals surface area contributed by atoms with E-state index in [-0.39, 0.29) is 6.61 Å². The Morgan fingerprint density at radius 3 is 2.41 bits per heavy atom. The second kappa shape index (κ2) is 6.43. The summed E-state index contributed by atoms with van der Waals surface area (Å²) in [7, 11) is -2.31. The molecule has 0 radical (unpaired) electrons.